The van der Waals surface area contributed by atoms with Crippen LogP contribution in [0.4, 0.5) is 14.5 Å². The molecular formula is C21H17F2NO. The molecule has 2 nitrogen and oxygen atoms in total. The minimum Gasteiger partial charge on any atom is -0.294 e. The molecule has 2 aliphatic rings. The van der Waals surface area contributed by atoms with Crippen molar-refractivity contribution in [1.82, 2.24) is 0 Å². The molecule has 4 heteroatoms. The molecule has 0 heterocycles. The lowest BCUT2D eigenvalue weighted by Gasteiger charge is -2.35. The Morgan fingerprint density at radius 2 is 1.68 bits per heavy atom. The normalized spacial score (nSPS) is 20.3. The summed E-state index contributed by atoms with van der Waals surface area (Å²) < 4.78 is 27.0. The number of alkyl halides is 2. The molecule has 0 N–H and O–H groups in total. The van der Waals surface area contributed by atoms with Crippen LogP contribution in [0.1, 0.15) is 41.6 Å². The van der Waals surface area contributed by atoms with Crippen molar-refractivity contribution >= 4 is 11.5 Å². The fourth-order valence-electron chi connectivity index (χ4n) is 4.11. The third-order valence-electron chi connectivity index (χ3n) is 5.61. The second-order valence-electron chi connectivity index (χ2n) is 7.18. The van der Waals surface area contributed by atoms with Crippen LogP contribution in [0.2, 0.25) is 0 Å². The molecule has 126 valence electrons. The van der Waals surface area contributed by atoms with E-state index >= 15 is 0 Å². The number of ketones is 1. The highest BCUT2D eigenvalue weighted by Crippen LogP contribution is 2.51. The number of hydrogen-bond donors (Lipinski definition) is 0. The van der Waals surface area contributed by atoms with E-state index in [0.29, 0.717) is 17.7 Å². The van der Waals surface area contributed by atoms with Crippen LogP contribution in [-0.2, 0) is 6.42 Å². The Kier molecular flexibility index (Phi) is 3.50. The number of benzene rings is 2. The minimum absolute atomic E-state index is 0.0150. The lowest BCUT2D eigenvalue weighted by Crippen LogP contribution is -2.37. The zero-order valence-corrected chi connectivity index (χ0v) is 13.7. The fourth-order valence-corrected chi connectivity index (χ4v) is 4.11. The van der Waals surface area contributed by atoms with Crippen molar-refractivity contribution in [2.45, 2.75) is 38.0 Å². The number of carbonyl (C=O) groups is 1. The topological polar surface area (TPSA) is 21.4 Å². The van der Waals surface area contributed by atoms with Crippen LogP contribution in [-0.4, -0.2) is 11.7 Å². The van der Waals surface area contributed by atoms with Crippen molar-refractivity contribution in [3.05, 3.63) is 65.0 Å². The van der Waals surface area contributed by atoms with Gasteiger partial charge in [0.25, 0.3) is 0 Å². The highest BCUT2D eigenvalue weighted by molar-refractivity contribution is 6.06. The third-order valence-corrected chi connectivity index (χ3v) is 5.61. The molecule has 2 aromatic rings. The summed E-state index contributed by atoms with van der Waals surface area (Å²) in [6.07, 6.45) is 0.686. The van der Waals surface area contributed by atoms with Gasteiger partial charge in [0.15, 0.2) is 11.5 Å². The largest absolute Gasteiger partial charge is 0.294 e. The lowest BCUT2D eigenvalue weighted by molar-refractivity contribution is -0.0586. The number of nitrogens with zero attached hydrogens (tertiary/aromatic N) is 1. The van der Waals surface area contributed by atoms with E-state index in [1.54, 1.807) is 12.1 Å². The maximum absolute atomic E-state index is 13.5. The summed E-state index contributed by atoms with van der Waals surface area (Å²) in [6, 6.07) is 13.0. The van der Waals surface area contributed by atoms with Crippen molar-refractivity contribution < 1.29 is 13.6 Å². The van der Waals surface area contributed by atoms with Crippen molar-refractivity contribution in [3.8, 4) is 11.1 Å². The zero-order valence-electron chi connectivity index (χ0n) is 13.7. The van der Waals surface area contributed by atoms with E-state index in [9.17, 15) is 13.6 Å². The Morgan fingerprint density at radius 3 is 2.40 bits per heavy atom. The second kappa shape index (κ2) is 5.49. The van der Waals surface area contributed by atoms with E-state index in [2.05, 4.69) is 4.85 Å². The highest BCUT2D eigenvalue weighted by atomic mass is 19.3. The van der Waals surface area contributed by atoms with Gasteiger partial charge in [0.1, 0.15) is 0 Å². The first kappa shape index (κ1) is 16.0. The van der Waals surface area contributed by atoms with Gasteiger partial charge in [-0.05, 0) is 48.1 Å². The number of Topliss-reactive ketones (excluding diaryl/α,β-unsaturated/α-hetero) is 1. The number of rotatable bonds is 1. The van der Waals surface area contributed by atoms with E-state index in [1.807, 2.05) is 30.3 Å². The second-order valence-corrected chi connectivity index (χ2v) is 7.18. The number of fused-ring (bicyclic) bond motifs is 1. The molecule has 0 radical (unpaired) electrons. The summed E-state index contributed by atoms with van der Waals surface area (Å²) >= 11 is 0. The molecule has 0 aliphatic heterocycles. The molecule has 1 spiro atoms. The molecule has 0 saturated heterocycles. The van der Waals surface area contributed by atoms with Gasteiger partial charge >= 0.3 is 0 Å². The van der Waals surface area contributed by atoms with Gasteiger partial charge in [-0.3, -0.25) is 4.79 Å². The van der Waals surface area contributed by atoms with Gasteiger partial charge in [0, 0.05) is 23.8 Å². The first-order chi connectivity index (χ1) is 11.9. The number of hydrogen-bond acceptors (Lipinski definition) is 1. The van der Waals surface area contributed by atoms with Crippen molar-refractivity contribution in [2.24, 2.45) is 5.41 Å². The van der Waals surface area contributed by atoms with Crippen LogP contribution in [0.15, 0.2) is 42.5 Å². The van der Waals surface area contributed by atoms with Gasteiger partial charge in [-0.2, -0.15) is 0 Å². The van der Waals surface area contributed by atoms with Crippen LogP contribution in [0.3, 0.4) is 0 Å². The Bertz CT molecular complexity index is 900. The predicted molar refractivity (Wildman–Crippen MR) is 92.0 cm³/mol. The van der Waals surface area contributed by atoms with Gasteiger partial charge in [0.05, 0.1) is 6.57 Å². The first-order valence-corrected chi connectivity index (χ1v) is 8.46. The van der Waals surface area contributed by atoms with Crippen molar-refractivity contribution in [2.75, 3.05) is 0 Å². The van der Waals surface area contributed by atoms with Crippen LogP contribution in [0.25, 0.3) is 16.0 Å². The van der Waals surface area contributed by atoms with Crippen LogP contribution < -0.4 is 0 Å². The van der Waals surface area contributed by atoms with E-state index in [-0.39, 0.29) is 31.5 Å². The smallest absolute Gasteiger partial charge is 0.248 e. The first-order valence-electron chi connectivity index (χ1n) is 8.46. The van der Waals surface area contributed by atoms with Crippen molar-refractivity contribution in [1.29, 1.82) is 0 Å². The maximum atomic E-state index is 13.5. The molecule has 25 heavy (non-hydrogen) atoms. The van der Waals surface area contributed by atoms with Crippen LogP contribution >= 0.6 is 0 Å². The Hall–Kier alpha value is -2.54. The zero-order chi connectivity index (χ0) is 17.7. The number of carbonyl (C=O) groups excluding carboxylic acids is 1. The number of halogens is 2. The monoisotopic (exact) mass is 337 g/mol. The highest BCUT2D eigenvalue weighted by Gasteiger charge is 2.51. The molecule has 0 aromatic heterocycles. The summed E-state index contributed by atoms with van der Waals surface area (Å²) in [4.78, 5) is 16.4. The van der Waals surface area contributed by atoms with Crippen molar-refractivity contribution in [3.63, 3.8) is 0 Å². The molecule has 1 saturated carbocycles. The third kappa shape index (κ3) is 2.64. The average molecular weight is 337 g/mol. The van der Waals surface area contributed by atoms with Crippen LogP contribution in [0.5, 0.6) is 0 Å². The minimum atomic E-state index is -2.63. The van der Waals surface area contributed by atoms with E-state index in [4.69, 9.17) is 6.57 Å². The Balaban J connectivity index is 1.68. The molecule has 0 bridgehead atoms. The molecule has 2 aromatic carbocycles. The van der Waals surface area contributed by atoms with E-state index in [1.165, 1.54) is 0 Å². The summed E-state index contributed by atoms with van der Waals surface area (Å²) in [6.45, 7) is 7.13. The fraction of sp³-hybridized carbons (Fsp3) is 0.333. The molecule has 0 unspecified atom stereocenters. The molecule has 2 aliphatic carbocycles. The Labute approximate surface area is 145 Å². The SMILES string of the molecule is [C-]#[N+]c1cccc(-c2ccc3c(c2)C(=O)C2(CCC(F)(F)CC2)C3)c1. The van der Waals surface area contributed by atoms with Gasteiger partial charge in [-0.1, -0.05) is 30.3 Å². The summed E-state index contributed by atoms with van der Waals surface area (Å²) in [5.74, 6) is -2.62. The molecule has 4 rings (SSSR count). The molecule has 0 amide bonds. The molecule has 1 fully saturated rings. The predicted octanol–water partition coefficient (Wildman–Crippen LogP) is 5.84. The van der Waals surface area contributed by atoms with E-state index in [0.717, 1.165) is 16.7 Å². The van der Waals surface area contributed by atoms with E-state index < -0.39 is 11.3 Å². The van der Waals surface area contributed by atoms with Gasteiger partial charge in [-0.25, -0.2) is 13.6 Å². The average Bonchev–Trinajstić information content (AvgIpc) is 2.90. The van der Waals surface area contributed by atoms with Crippen LogP contribution in [0, 0.1) is 12.0 Å². The Morgan fingerprint density at radius 1 is 0.960 bits per heavy atom. The lowest BCUT2D eigenvalue weighted by atomic mass is 9.70. The summed E-state index contributed by atoms with van der Waals surface area (Å²) in [5, 5.41) is 0. The molecule has 0 atom stereocenters. The quantitative estimate of drug-likeness (QED) is 0.599. The standard InChI is InChI=1S/C21H17F2NO/c1-24-17-4-2-3-14(11-17)15-5-6-16-13-20(19(25)18(16)12-15)7-9-21(22,23)10-8-20/h2-6,11-12H,7-10,13H2. The van der Waals surface area contributed by atoms with Gasteiger partial charge in [0.2, 0.25) is 5.92 Å². The maximum Gasteiger partial charge on any atom is 0.248 e. The summed E-state index contributed by atoms with van der Waals surface area (Å²) in [7, 11) is 0. The molecular weight excluding hydrogens is 320 g/mol. The summed E-state index contributed by atoms with van der Waals surface area (Å²) in [5.41, 5.74) is 3.31. The van der Waals surface area contributed by atoms with Gasteiger partial charge < -0.3 is 0 Å². The van der Waals surface area contributed by atoms with Gasteiger partial charge in [-0.15, -0.1) is 0 Å².